The van der Waals surface area contributed by atoms with Gasteiger partial charge < -0.3 is 14.7 Å². The number of hydrogen-bond acceptors (Lipinski definition) is 4. The van der Waals surface area contributed by atoms with Gasteiger partial charge in [-0.05, 0) is 42.6 Å². The maximum Gasteiger partial charge on any atom is 0.327 e. The molecule has 3 aliphatic heterocycles. The number of carbonyl (C=O) groups is 3. The van der Waals surface area contributed by atoms with Crippen LogP contribution in [0.15, 0.2) is 30.3 Å². The molecule has 4 amide bonds. The molecule has 0 N–H and O–H groups in total. The van der Waals surface area contributed by atoms with Crippen molar-refractivity contribution in [2.45, 2.75) is 72.3 Å². The van der Waals surface area contributed by atoms with Crippen LogP contribution in [0.2, 0.25) is 0 Å². The lowest BCUT2D eigenvalue weighted by molar-refractivity contribution is -0.136. The van der Waals surface area contributed by atoms with Gasteiger partial charge in [0.25, 0.3) is 5.91 Å². The minimum Gasteiger partial charge on any atom is -0.342 e. The molecule has 0 aromatic heterocycles. The number of rotatable bonds is 7. The number of imide groups is 1. The molecule has 0 saturated carbocycles. The number of nitrogens with zero attached hydrogens (tertiary/aromatic N) is 4. The highest BCUT2D eigenvalue weighted by atomic mass is 16.2. The average Bonchev–Trinajstić information content (AvgIpc) is 3.33. The second-order valence-electron chi connectivity index (χ2n) is 13.0. The van der Waals surface area contributed by atoms with Crippen LogP contribution in [0.4, 0.5) is 4.79 Å². The van der Waals surface area contributed by atoms with Gasteiger partial charge in [-0.25, -0.2) is 4.79 Å². The Labute approximate surface area is 223 Å². The van der Waals surface area contributed by atoms with E-state index in [0.29, 0.717) is 50.1 Å². The molecule has 3 saturated heterocycles. The molecule has 3 heterocycles. The standard InChI is InChI=1S/C30H46N4O3/c1-7-33-27(36)30(34(28(33)37)18-22(2)3)13-15-31(16-14-30)19-24-20-32(26(35)17-29(4,5)6)21-25(24)23-11-9-8-10-12-23/h8-12,22,24-25H,7,13-21H2,1-6H3. The third-order valence-corrected chi connectivity index (χ3v) is 8.36. The Morgan fingerprint density at radius 3 is 2.27 bits per heavy atom. The van der Waals surface area contributed by atoms with Gasteiger partial charge in [0.15, 0.2) is 0 Å². The number of urea groups is 1. The van der Waals surface area contributed by atoms with Crippen LogP contribution in [-0.4, -0.2) is 88.8 Å². The Morgan fingerprint density at radius 1 is 1.05 bits per heavy atom. The molecular formula is C30H46N4O3. The fraction of sp³-hybridized carbons (Fsp3) is 0.700. The summed E-state index contributed by atoms with van der Waals surface area (Å²) in [4.78, 5) is 47.5. The van der Waals surface area contributed by atoms with Gasteiger partial charge in [-0.2, -0.15) is 0 Å². The normalized spacial score (nSPS) is 24.7. The lowest BCUT2D eigenvalue weighted by Crippen LogP contribution is -2.57. The SMILES string of the molecule is CCN1C(=O)N(CC(C)C)C2(CCN(CC3CN(C(=O)CC(C)(C)C)CC3c3ccccc3)CC2)C1=O. The Morgan fingerprint density at radius 2 is 1.70 bits per heavy atom. The van der Waals surface area contributed by atoms with Gasteiger partial charge in [-0.1, -0.05) is 65.0 Å². The third-order valence-electron chi connectivity index (χ3n) is 8.36. The summed E-state index contributed by atoms with van der Waals surface area (Å²) in [7, 11) is 0. The lowest BCUT2D eigenvalue weighted by Gasteiger charge is -2.43. The first-order valence-electron chi connectivity index (χ1n) is 14.1. The molecule has 1 aromatic carbocycles. The first-order chi connectivity index (χ1) is 17.4. The molecule has 2 unspecified atom stereocenters. The number of carbonyl (C=O) groups excluding carboxylic acids is 3. The fourth-order valence-corrected chi connectivity index (χ4v) is 6.50. The monoisotopic (exact) mass is 510 g/mol. The number of amides is 4. The first-order valence-corrected chi connectivity index (χ1v) is 14.1. The third kappa shape index (κ3) is 5.71. The zero-order valence-electron chi connectivity index (χ0n) is 23.7. The van der Waals surface area contributed by atoms with E-state index >= 15 is 0 Å². The minimum absolute atomic E-state index is 0.0118. The predicted octanol–water partition coefficient (Wildman–Crippen LogP) is 4.44. The van der Waals surface area contributed by atoms with E-state index in [-0.39, 0.29) is 23.3 Å². The molecule has 0 bridgehead atoms. The summed E-state index contributed by atoms with van der Waals surface area (Å²) in [6.45, 7) is 17.5. The van der Waals surface area contributed by atoms with Gasteiger partial charge in [0.1, 0.15) is 5.54 Å². The molecule has 4 rings (SSSR count). The Bertz CT molecular complexity index is 978. The Balaban J connectivity index is 1.47. The van der Waals surface area contributed by atoms with Gasteiger partial charge in [0.05, 0.1) is 0 Å². The van der Waals surface area contributed by atoms with Crippen molar-refractivity contribution in [2.75, 3.05) is 45.8 Å². The molecule has 0 aliphatic carbocycles. The highest BCUT2D eigenvalue weighted by Gasteiger charge is 2.57. The molecular weight excluding hydrogens is 464 g/mol. The second kappa shape index (κ2) is 10.8. The summed E-state index contributed by atoms with van der Waals surface area (Å²) in [6.07, 6.45) is 1.91. The van der Waals surface area contributed by atoms with Gasteiger partial charge in [0, 0.05) is 58.2 Å². The summed E-state index contributed by atoms with van der Waals surface area (Å²) in [5.74, 6) is 1.20. The molecule has 0 radical (unpaired) electrons. The topological polar surface area (TPSA) is 64.2 Å². The smallest absolute Gasteiger partial charge is 0.327 e. The average molecular weight is 511 g/mol. The number of piperidine rings is 1. The molecule has 3 fully saturated rings. The Hall–Kier alpha value is -2.41. The number of benzene rings is 1. The summed E-state index contributed by atoms with van der Waals surface area (Å²) in [6, 6.07) is 10.5. The molecule has 1 spiro atoms. The van der Waals surface area contributed by atoms with Crippen LogP contribution >= 0.6 is 0 Å². The zero-order valence-corrected chi connectivity index (χ0v) is 23.7. The summed E-state index contributed by atoms with van der Waals surface area (Å²) in [5, 5.41) is 0. The molecule has 3 aliphatic rings. The largest absolute Gasteiger partial charge is 0.342 e. The van der Waals surface area contributed by atoms with Gasteiger partial charge >= 0.3 is 6.03 Å². The van der Waals surface area contributed by atoms with Crippen molar-refractivity contribution in [3.8, 4) is 0 Å². The molecule has 2 atom stereocenters. The molecule has 37 heavy (non-hydrogen) atoms. The number of likely N-dealkylation sites (tertiary alicyclic amines) is 2. The summed E-state index contributed by atoms with van der Waals surface area (Å²) >= 11 is 0. The van der Waals surface area contributed by atoms with E-state index in [2.05, 4.69) is 68.7 Å². The Kier molecular flexibility index (Phi) is 8.03. The van der Waals surface area contributed by atoms with Crippen LogP contribution in [0.1, 0.15) is 72.3 Å². The van der Waals surface area contributed by atoms with Crippen molar-refractivity contribution in [3.05, 3.63) is 35.9 Å². The van der Waals surface area contributed by atoms with Crippen molar-refractivity contribution < 1.29 is 14.4 Å². The summed E-state index contributed by atoms with van der Waals surface area (Å²) < 4.78 is 0. The highest BCUT2D eigenvalue weighted by Crippen LogP contribution is 2.40. The fourth-order valence-electron chi connectivity index (χ4n) is 6.50. The van der Waals surface area contributed by atoms with Crippen LogP contribution in [0.25, 0.3) is 0 Å². The van der Waals surface area contributed by atoms with Crippen molar-refractivity contribution in [1.82, 2.24) is 19.6 Å². The second-order valence-corrected chi connectivity index (χ2v) is 13.0. The van der Waals surface area contributed by atoms with E-state index in [9.17, 15) is 14.4 Å². The summed E-state index contributed by atoms with van der Waals surface area (Å²) in [5.41, 5.74) is 0.570. The molecule has 7 heteroatoms. The van der Waals surface area contributed by atoms with Crippen molar-refractivity contribution in [3.63, 3.8) is 0 Å². The maximum absolute atomic E-state index is 13.4. The van der Waals surface area contributed by atoms with E-state index < -0.39 is 5.54 Å². The van der Waals surface area contributed by atoms with Crippen molar-refractivity contribution >= 4 is 17.8 Å². The maximum atomic E-state index is 13.4. The van der Waals surface area contributed by atoms with Crippen LogP contribution in [0.5, 0.6) is 0 Å². The van der Waals surface area contributed by atoms with Crippen molar-refractivity contribution in [2.24, 2.45) is 17.3 Å². The molecule has 1 aromatic rings. The first kappa shape index (κ1) is 27.6. The van der Waals surface area contributed by atoms with Crippen LogP contribution in [-0.2, 0) is 9.59 Å². The van der Waals surface area contributed by atoms with Crippen LogP contribution in [0.3, 0.4) is 0 Å². The van der Waals surface area contributed by atoms with E-state index in [1.165, 1.54) is 10.5 Å². The van der Waals surface area contributed by atoms with Gasteiger partial charge in [-0.15, -0.1) is 0 Å². The van der Waals surface area contributed by atoms with Crippen LogP contribution < -0.4 is 0 Å². The van der Waals surface area contributed by atoms with E-state index in [0.717, 1.165) is 32.7 Å². The lowest BCUT2D eigenvalue weighted by atomic mass is 9.83. The van der Waals surface area contributed by atoms with Gasteiger partial charge in [0.2, 0.25) is 5.91 Å². The highest BCUT2D eigenvalue weighted by molar-refractivity contribution is 6.07. The molecule has 7 nitrogen and oxygen atoms in total. The van der Waals surface area contributed by atoms with E-state index in [4.69, 9.17) is 0 Å². The van der Waals surface area contributed by atoms with Crippen molar-refractivity contribution in [1.29, 1.82) is 0 Å². The van der Waals surface area contributed by atoms with E-state index in [1.807, 2.05) is 17.9 Å². The minimum atomic E-state index is -0.697. The van der Waals surface area contributed by atoms with E-state index in [1.54, 1.807) is 0 Å². The zero-order chi connectivity index (χ0) is 27.0. The number of hydrogen-bond donors (Lipinski definition) is 0. The number of likely N-dealkylation sites (N-methyl/N-ethyl adjacent to an activating group) is 1. The predicted molar refractivity (Wildman–Crippen MR) is 146 cm³/mol. The quantitative estimate of drug-likeness (QED) is 0.509. The van der Waals surface area contributed by atoms with Gasteiger partial charge in [-0.3, -0.25) is 14.5 Å². The van der Waals surface area contributed by atoms with Crippen LogP contribution in [0, 0.1) is 17.3 Å². The molecule has 204 valence electrons.